The standard InChI is InChI=1S/C12H12ClFN2O3S/c13-12-2-1-11(3-8(12)5-15)20(18,19)16-6-9(14)4-10(16)7-17/h1-3,9-10,17H,4,6-7H2/t9-,10-/m0/s1. The second-order valence-corrected chi connectivity index (χ2v) is 6.80. The summed E-state index contributed by atoms with van der Waals surface area (Å²) in [4.78, 5) is -0.133. The van der Waals surface area contributed by atoms with Crippen LogP contribution in [0, 0.1) is 11.3 Å². The Morgan fingerprint density at radius 2 is 2.25 bits per heavy atom. The van der Waals surface area contributed by atoms with Crippen molar-refractivity contribution in [1.29, 1.82) is 5.26 Å². The fourth-order valence-corrected chi connectivity index (χ4v) is 4.02. The Labute approximate surface area is 121 Å². The minimum atomic E-state index is -3.96. The first kappa shape index (κ1) is 15.2. The van der Waals surface area contributed by atoms with Gasteiger partial charge in [0, 0.05) is 6.54 Å². The summed E-state index contributed by atoms with van der Waals surface area (Å²) in [5.74, 6) is 0. The van der Waals surface area contributed by atoms with Gasteiger partial charge in [0.15, 0.2) is 0 Å². The molecular formula is C12H12ClFN2O3S. The number of aliphatic hydroxyl groups excluding tert-OH is 1. The maximum atomic E-state index is 13.4. The molecular weight excluding hydrogens is 307 g/mol. The second-order valence-electron chi connectivity index (χ2n) is 4.50. The van der Waals surface area contributed by atoms with E-state index in [-0.39, 0.29) is 28.4 Å². The number of sulfonamides is 1. The zero-order valence-electron chi connectivity index (χ0n) is 10.3. The van der Waals surface area contributed by atoms with E-state index in [0.29, 0.717) is 0 Å². The van der Waals surface area contributed by atoms with Crippen LogP contribution in [0.5, 0.6) is 0 Å². The van der Waals surface area contributed by atoms with Crippen LogP contribution in [-0.4, -0.2) is 43.2 Å². The predicted molar refractivity (Wildman–Crippen MR) is 70.4 cm³/mol. The van der Waals surface area contributed by atoms with Crippen LogP contribution < -0.4 is 0 Å². The molecule has 1 aliphatic rings. The molecule has 0 aromatic heterocycles. The summed E-state index contributed by atoms with van der Waals surface area (Å²) < 4.78 is 39.2. The van der Waals surface area contributed by atoms with Crippen LogP contribution >= 0.6 is 11.6 Å². The zero-order valence-corrected chi connectivity index (χ0v) is 11.9. The number of alkyl halides is 1. The van der Waals surface area contributed by atoms with Crippen LogP contribution in [0.15, 0.2) is 23.1 Å². The van der Waals surface area contributed by atoms with Crippen molar-refractivity contribution in [3.05, 3.63) is 28.8 Å². The van der Waals surface area contributed by atoms with E-state index in [9.17, 15) is 12.8 Å². The van der Waals surface area contributed by atoms with Crippen LogP contribution in [0.4, 0.5) is 4.39 Å². The lowest BCUT2D eigenvalue weighted by atomic mass is 10.2. The van der Waals surface area contributed by atoms with E-state index in [1.165, 1.54) is 12.1 Å². The molecule has 0 bridgehead atoms. The van der Waals surface area contributed by atoms with Gasteiger partial charge in [-0.1, -0.05) is 11.6 Å². The molecule has 20 heavy (non-hydrogen) atoms. The van der Waals surface area contributed by atoms with E-state index in [4.69, 9.17) is 22.0 Å². The quantitative estimate of drug-likeness (QED) is 0.911. The molecule has 1 aliphatic heterocycles. The lowest BCUT2D eigenvalue weighted by Gasteiger charge is -2.22. The highest BCUT2D eigenvalue weighted by molar-refractivity contribution is 7.89. The van der Waals surface area contributed by atoms with Gasteiger partial charge in [0.05, 0.1) is 28.1 Å². The molecule has 2 rings (SSSR count). The van der Waals surface area contributed by atoms with Gasteiger partial charge in [-0.3, -0.25) is 0 Å². The molecule has 2 atom stereocenters. The lowest BCUT2D eigenvalue weighted by molar-refractivity contribution is 0.213. The molecule has 0 unspecified atom stereocenters. The summed E-state index contributed by atoms with van der Waals surface area (Å²) in [6, 6.07) is 4.73. The predicted octanol–water partition coefficient (Wildman–Crippen LogP) is 1.31. The van der Waals surface area contributed by atoms with Gasteiger partial charge < -0.3 is 5.11 Å². The fraction of sp³-hybridized carbons (Fsp3) is 0.417. The molecule has 0 aliphatic carbocycles. The third kappa shape index (κ3) is 2.65. The molecule has 1 aromatic rings. The molecule has 1 fully saturated rings. The van der Waals surface area contributed by atoms with Gasteiger partial charge in [-0.25, -0.2) is 12.8 Å². The summed E-state index contributed by atoms with van der Waals surface area (Å²) >= 11 is 5.75. The molecule has 0 radical (unpaired) electrons. The van der Waals surface area contributed by atoms with E-state index < -0.39 is 28.8 Å². The van der Waals surface area contributed by atoms with Crippen molar-refractivity contribution >= 4 is 21.6 Å². The number of benzene rings is 1. The molecule has 0 saturated carbocycles. The van der Waals surface area contributed by atoms with Gasteiger partial charge in [-0.05, 0) is 24.6 Å². The van der Waals surface area contributed by atoms with Gasteiger partial charge in [0.25, 0.3) is 0 Å². The Kier molecular flexibility index (Phi) is 4.30. The van der Waals surface area contributed by atoms with Crippen LogP contribution in [-0.2, 0) is 10.0 Å². The molecule has 0 amide bonds. The maximum Gasteiger partial charge on any atom is 0.243 e. The van der Waals surface area contributed by atoms with E-state index in [0.717, 1.165) is 10.4 Å². The van der Waals surface area contributed by atoms with E-state index in [1.54, 1.807) is 6.07 Å². The van der Waals surface area contributed by atoms with Crippen LogP contribution in [0.25, 0.3) is 0 Å². The Hall–Kier alpha value is -1.20. The molecule has 1 saturated heterocycles. The summed E-state index contributed by atoms with van der Waals surface area (Å²) in [7, 11) is -3.96. The van der Waals surface area contributed by atoms with E-state index in [2.05, 4.69) is 0 Å². The van der Waals surface area contributed by atoms with Crippen molar-refractivity contribution in [3.63, 3.8) is 0 Å². The summed E-state index contributed by atoms with van der Waals surface area (Å²) in [6.45, 7) is -0.740. The first-order valence-corrected chi connectivity index (χ1v) is 7.68. The average molecular weight is 319 g/mol. The van der Waals surface area contributed by atoms with Gasteiger partial charge in [-0.2, -0.15) is 9.57 Å². The minimum absolute atomic E-state index is 0.0317. The summed E-state index contributed by atoms with van der Waals surface area (Å²) in [5.41, 5.74) is 0.0317. The molecule has 5 nitrogen and oxygen atoms in total. The number of halogens is 2. The third-order valence-electron chi connectivity index (χ3n) is 3.19. The van der Waals surface area contributed by atoms with Crippen molar-refractivity contribution in [2.75, 3.05) is 13.2 Å². The largest absolute Gasteiger partial charge is 0.395 e. The zero-order chi connectivity index (χ0) is 14.9. The number of nitrogens with zero attached hydrogens (tertiary/aromatic N) is 2. The Bertz CT molecular complexity index is 659. The number of nitriles is 1. The summed E-state index contributed by atoms with van der Waals surface area (Å²) in [6.07, 6.45) is -1.33. The summed E-state index contributed by atoms with van der Waals surface area (Å²) in [5, 5.41) is 18.2. The van der Waals surface area contributed by atoms with Crippen molar-refractivity contribution in [2.45, 2.75) is 23.5 Å². The molecule has 1 N–H and O–H groups in total. The number of aliphatic hydroxyl groups is 1. The molecule has 0 spiro atoms. The third-order valence-corrected chi connectivity index (χ3v) is 5.43. The minimum Gasteiger partial charge on any atom is -0.395 e. The van der Waals surface area contributed by atoms with Crippen molar-refractivity contribution in [2.24, 2.45) is 0 Å². The molecule has 8 heteroatoms. The lowest BCUT2D eigenvalue weighted by Crippen LogP contribution is -2.37. The topological polar surface area (TPSA) is 81.4 Å². The smallest absolute Gasteiger partial charge is 0.243 e. The van der Waals surface area contributed by atoms with Crippen molar-refractivity contribution in [1.82, 2.24) is 4.31 Å². The van der Waals surface area contributed by atoms with Crippen molar-refractivity contribution in [3.8, 4) is 6.07 Å². The molecule has 1 heterocycles. The Balaban J connectivity index is 2.43. The highest BCUT2D eigenvalue weighted by Crippen LogP contribution is 2.29. The number of hydrogen-bond donors (Lipinski definition) is 1. The molecule has 108 valence electrons. The molecule has 1 aromatic carbocycles. The first-order valence-electron chi connectivity index (χ1n) is 5.86. The van der Waals surface area contributed by atoms with Crippen molar-refractivity contribution < 1.29 is 17.9 Å². The van der Waals surface area contributed by atoms with Gasteiger partial charge in [-0.15, -0.1) is 0 Å². The van der Waals surface area contributed by atoms with Crippen LogP contribution in [0.2, 0.25) is 5.02 Å². The fourth-order valence-electron chi connectivity index (χ4n) is 2.18. The van der Waals surface area contributed by atoms with Gasteiger partial charge in [0.1, 0.15) is 12.2 Å². The van der Waals surface area contributed by atoms with Crippen LogP contribution in [0.3, 0.4) is 0 Å². The number of hydrogen-bond acceptors (Lipinski definition) is 4. The second kappa shape index (κ2) is 5.66. The first-order chi connectivity index (χ1) is 9.40. The van der Waals surface area contributed by atoms with E-state index in [1.807, 2.05) is 0 Å². The Morgan fingerprint density at radius 1 is 1.55 bits per heavy atom. The highest BCUT2D eigenvalue weighted by Gasteiger charge is 2.40. The SMILES string of the molecule is N#Cc1cc(S(=O)(=O)N2C[C@@H](F)C[C@H]2CO)ccc1Cl. The normalized spacial score (nSPS) is 23.7. The van der Waals surface area contributed by atoms with E-state index >= 15 is 0 Å². The van der Waals surface area contributed by atoms with Crippen LogP contribution in [0.1, 0.15) is 12.0 Å². The highest BCUT2D eigenvalue weighted by atomic mass is 35.5. The van der Waals surface area contributed by atoms with Gasteiger partial charge >= 0.3 is 0 Å². The van der Waals surface area contributed by atoms with Gasteiger partial charge in [0.2, 0.25) is 10.0 Å². The Morgan fingerprint density at radius 3 is 2.85 bits per heavy atom. The monoisotopic (exact) mass is 318 g/mol. The maximum absolute atomic E-state index is 13.4. The number of rotatable bonds is 3. The average Bonchev–Trinajstić information content (AvgIpc) is 2.81.